The Balaban J connectivity index is 3.69. The third-order valence-corrected chi connectivity index (χ3v) is 2.51. The quantitative estimate of drug-likeness (QED) is 0.725. The molecule has 5 nitrogen and oxygen atoms in total. The molecule has 0 bridgehead atoms. The van der Waals surface area contributed by atoms with E-state index in [1.54, 1.807) is 4.90 Å². The number of carbonyl (C=O) groups excluding carboxylic acids is 2. The van der Waals surface area contributed by atoms with Crippen molar-refractivity contribution < 1.29 is 14.3 Å². The van der Waals surface area contributed by atoms with E-state index in [-0.39, 0.29) is 5.91 Å². The molecule has 0 heterocycles. The van der Waals surface area contributed by atoms with Crippen LogP contribution >= 0.6 is 0 Å². The Morgan fingerprint density at radius 2 is 1.84 bits per heavy atom. The number of carbonyl (C=O) groups is 2. The van der Waals surface area contributed by atoms with E-state index in [9.17, 15) is 9.59 Å². The molecule has 0 aromatic heterocycles. The highest BCUT2D eigenvalue weighted by Crippen LogP contribution is 2.06. The summed E-state index contributed by atoms with van der Waals surface area (Å²) < 4.78 is 5.10. The Morgan fingerprint density at radius 3 is 2.37 bits per heavy atom. The summed E-state index contributed by atoms with van der Waals surface area (Å²) in [5.41, 5.74) is -0.486. The van der Waals surface area contributed by atoms with Gasteiger partial charge in [-0.2, -0.15) is 0 Å². The lowest BCUT2D eigenvalue weighted by atomic mass is 10.2. The van der Waals surface area contributed by atoms with E-state index in [0.717, 1.165) is 19.4 Å². The minimum atomic E-state index is -0.486. The Hall–Kier alpha value is -1.26. The summed E-state index contributed by atoms with van der Waals surface area (Å²) in [6, 6.07) is 0. The second kappa shape index (κ2) is 8.77. The van der Waals surface area contributed by atoms with Crippen molar-refractivity contribution in [3.63, 3.8) is 0 Å². The minimum absolute atomic E-state index is 0.124. The van der Waals surface area contributed by atoms with Crippen LogP contribution in [0.2, 0.25) is 0 Å². The largest absolute Gasteiger partial charge is 0.444 e. The van der Waals surface area contributed by atoms with Crippen molar-refractivity contribution in [2.75, 3.05) is 20.1 Å². The fraction of sp³-hybridized carbons (Fsp3) is 0.857. The van der Waals surface area contributed by atoms with Gasteiger partial charge in [0.05, 0.1) is 0 Å². The Kier molecular flexibility index (Phi) is 8.19. The van der Waals surface area contributed by atoms with Crippen LogP contribution in [0.4, 0.5) is 4.79 Å². The van der Waals surface area contributed by atoms with Crippen LogP contribution in [0, 0.1) is 0 Å². The van der Waals surface area contributed by atoms with Gasteiger partial charge in [-0.25, -0.2) is 4.79 Å². The lowest BCUT2D eigenvalue weighted by Gasteiger charge is -2.20. The van der Waals surface area contributed by atoms with Gasteiger partial charge in [0.2, 0.25) is 5.91 Å². The molecule has 1 N–H and O–H groups in total. The molecular formula is C14H28N2O3. The standard InChI is InChI=1S/C14H28N2O3/c1-6-7-11-16(5)12(17)9-8-10-15-13(18)19-14(2,3)4/h6-11H2,1-5H3,(H,15,18). The summed E-state index contributed by atoms with van der Waals surface area (Å²) in [7, 11) is 1.82. The summed E-state index contributed by atoms with van der Waals surface area (Å²) in [5, 5.41) is 2.64. The van der Waals surface area contributed by atoms with Crippen LogP contribution in [0.5, 0.6) is 0 Å². The fourth-order valence-corrected chi connectivity index (χ4v) is 1.46. The number of rotatable bonds is 7. The second-order valence-electron chi connectivity index (χ2n) is 5.70. The van der Waals surface area contributed by atoms with Gasteiger partial charge >= 0.3 is 6.09 Å². The van der Waals surface area contributed by atoms with Gasteiger partial charge in [-0.3, -0.25) is 4.79 Å². The van der Waals surface area contributed by atoms with E-state index in [2.05, 4.69) is 12.2 Å². The molecule has 2 amide bonds. The molecule has 0 saturated carbocycles. The Bertz CT molecular complexity index is 285. The van der Waals surface area contributed by atoms with E-state index in [1.165, 1.54) is 0 Å². The number of nitrogens with zero attached hydrogens (tertiary/aromatic N) is 1. The maximum Gasteiger partial charge on any atom is 0.407 e. The zero-order valence-electron chi connectivity index (χ0n) is 12.9. The molecule has 19 heavy (non-hydrogen) atoms. The fourth-order valence-electron chi connectivity index (χ4n) is 1.46. The third kappa shape index (κ3) is 10.4. The van der Waals surface area contributed by atoms with Crippen molar-refractivity contribution in [2.45, 2.75) is 59.0 Å². The molecule has 0 radical (unpaired) electrons. The number of hydrogen-bond donors (Lipinski definition) is 1. The maximum atomic E-state index is 11.7. The smallest absolute Gasteiger partial charge is 0.407 e. The maximum absolute atomic E-state index is 11.7. The third-order valence-electron chi connectivity index (χ3n) is 2.51. The number of ether oxygens (including phenoxy) is 1. The molecule has 0 aromatic carbocycles. The molecular weight excluding hydrogens is 244 g/mol. The number of unbranched alkanes of at least 4 members (excludes halogenated alkanes) is 1. The molecule has 5 heteroatoms. The van der Waals surface area contributed by atoms with Crippen molar-refractivity contribution in [1.82, 2.24) is 10.2 Å². The van der Waals surface area contributed by atoms with Crippen LogP contribution in [0.15, 0.2) is 0 Å². The van der Waals surface area contributed by atoms with Crippen molar-refractivity contribution in [3.8, 4) is 0 Å². The zero-order chi connectivity index (χ0) is 14.9. The molecule has 0 rings (SSSR count). The van der Waals surface area contributed by atoms with Crippen LogP contribution in [0.3, 0.4) is 0 Å². The highest BCUT2D eigenvalue weighted by molar-refractivity contribution is 5.75. The summed E-state index contributed by atoms with van der Waals surface area (Å²) in [6.07, 6.45) is 2.76. The predicted octanol–water partition coefficient (Wildman–Crippen LogP) is 2.55. The molecule has 0 saturated heterocycles. The molecule has 0 unspecified atom stereocenters. The summed E-state index contributed by atoms with van der Waals surface area (Å²) >= 11 is 0. The molecule has 0 aliphatic carbocycles. The Morgan fingerprint density at radius 1 is 1.21 bits per heavy atom. The molecule has 0 aliphatic rings. The van der Waals surface area contributed by atoms with Gasteiger partial charge in [0.15, 0.2) is 0 Å². The first-order valence-electron chi connectivity index (χ1n) is 6.97. The molecule has 0 spiro atoms. The van der Waals surface area contributed by atoms with Gasteiger partial charge in [0.25, 0.3) is 0 Å². The van der Waals surface area contributed by atoms with Crippen LogP contribution < -0.4 is 5.32 Å². The van der Waals surface area contributed by atoms with E-state index < -0.39 is 11.7 Å². The van der Waals surface area contributed by atoms with E-state index in [4.69, 9.17) is 4.74 Å². The number of hydrogen-bond acceptors (Lipinski definition) is 3. The summed E-state index contributed by atoms with van der Waals surface area (Å²) in [6.45, 7) is 8.82. The van der Waals surface area contributed by atoms with Crippen molar-refractivity contribution >= 4 is 12.0 Å². The van der Waals surface area contributed by atoms with Gasteiger partial charge in [-0.15, -0.1) is 0 Å². The SMILES string of the molecule is CCCCN(C)C(=O)CCCNC(=O)OC(C)(C)C. The zero-order valence-corrected chi connectivity index (χ0v) is 12.9. The van der Waals surface area contributed by atoms with Crippen LogP contribution in [-0.2, 0) is 9.53 Å². The van der Waals surface area contributed by atoms with Crippen molar-refractivity contribution in [2.24, 2.45) is 0 Å². The number of alkyl carbamates (subject to hydrolysis) is 1. The lowest BCUT2D eigenvalue weighted by Crippen LogP contribution is -2.33. The minimum Gasteiger partial charge on any atom is -0.444 e. The van der Waals surface area contributed by atoms with Gasteiger partial charge in [0, 0.05) is 26.6 Å². The van der Waals surface area contributed by atoms with Gasteiger partial charge < -0.3 is 15.0 Å². The topological polar surface area (TPSA) is 58.6 Å². The van der Waals surface area contributed by atoms with Crippen LogP contribution in [0.25, 0.3) is 0 Å². The highest BCUT2D eigenvalue weighted by atomic mass is 16.6. The normalized spacial score (nSPS) is 11.0. The number of amides is 2. The first-order chi connectivity index (χ1) is 8.76. The summed E-state index contributed by atoms with van der Waals surface area (Å²) in [4.78, 5) is 24.8. The highest BCUT2D eigenvalue weighted by Gasteiger charge is 2.15. The van der Waals surface area contributed by atoms with E-state index in [1.807, 2.05) is 27.8 Å². The van der Waals surface area contributed by atoms with Gasteiger partial charge in [-0.05, 0) is 33.6 Å². The van der Waals surface area contributed by atoms with Gasteiger partial charge in [-0.1, -0.05) is 13.3 Å². The molecule has 0 aromatic rings. The predicted molar refractivity (Wildman–Crippen MR) is 76.0 cm³/mol. The average Bonchev–Trinajstić information content (AvgIpc) is 2.29. The first-order valence-corrected chi connectivity index (χ1v) is 6.97. The number of nitrogens with one attached hydrogen (secondary N) is 1. The monoisotopic (exact) mass is 272 g/mol. The first kappa shape index (κ1) is 17.7. The second-order valence-corrected chi connectivity index (χ2v) is 5.70. The summed E-state index contributed by atoms with van der Waals surface area (Å²) in [5.74, 6) is 0.124. The van der Waals surface area contributed by atoms with Gasteiger partial charge in [0.1, 0.15) is 5.60 Å². The molecule has 0 aliphatic heterocycles. The van der Waals surface area contributed by atoms with E-state index >= 15 is 0 Å². The molecule has 112 valence electrons. The van der Waals surface area contributed by atoms with Crippen LogP contribution in [0.1, 0.15) is 53.4 Å². The van der Waals surface area contributed by atoms with Crippen molar-refractivity contribution in [1.29, 1.82) is 0 Å². The average molecular weight is 272 g/mol. The van der Waals surface area contributed by atoms with E-state index in [0.29, 0.717) is 19.4 Å². The lowest BCUT2D eigenvalue weighted by molar-refractivity contribution is -0.130. The van der Waals surface area contributed by atoms with Crippen molar-refractivity contribution in [3.05, 3.63) is 0 Å². The molecule has 0 atom stereocenters. The van der Waals surface area contributed by atoms with Crippen LogP contribution in [-0.4, -0.2) is 42.6 Å². The Labute approximate surface area is 116 Å². The molecule has 0 fully saturated rings.